The lowest BCUT2D eigenvalue weighted by molar-refractivity contribution is -0.384. The summed E-state index contributed by atoms with van der Waals surface area (Å²) in [7, 11) is 0. The van der Waals surface area contributed by atoms with Crippen LogP contribution in [0.1, 0.15) is 45.7 Å². The van der Waals surface area contributed by atoms with E-state index in [1.54, 1.807) is 6.07 Å². The van der Waals surface area contributed by atoms with E-state index in [4.69, 9.17) is 18.9 Å². The van der Waals surface area contributed by atoms with Crippen LogP contribution >= 0.6 is 0 Å². The number of rotatable bonds is 9. The van der Waals surface area contributed by atoms with Crippen molar-refractivity contribution in [1.82, 2.24) is 0 Å². The maximum absolute atomic E-state index is 12.7. The minimum Gasteiger partial charge on any atom is -0.463 e. The van der Waals surface area contributed by atoms with E-state index in [9.17, 15) is 24.5 Å². The first-order chi connectivity index (χ1) is 19.3. The fourth-order valence-electron chi connectivity index (χ4n) is 4.97. The predicted octanol–water partition coefficient (Wildman–Crippen LogP) is 4.48. The molecule has 4 rings (SSSR count). The van der Waals surface area contributed by atoms with Crippen LogP contribution in [0.2, 0.25) is 0 Å². The Balaban J connectivity index is 1.48. The molecule has 0 fully saturated rings. The summed E-state index contributed by atoms with van der Waals surface area (Å²) < 4.78 is 22.1. The van der Waals surface area contributed by atoms with Crippen LogP contribution in [0.4, 0.5) is 11.4 Å². The Hall–Kier alpha value is -4.67. The highest BCUT2D eigenvalue weighted by Crippen LogP contribution is 2.54. The van der Waals surface area contributed by atoms with E-state index in [-0.39, 0.29) is 24.4 Å². The molecule has 0 amide bonds. The van der Waals surface area contributed by atoms with E-state index in [0.717, 1.165) is 11.3 Å². The molecule has 1 spiro atoms. The van der Waals surface area contributed by atoms with Gasteiger partial charge in [-0.2, -0.15) is 0 Å². The van der Waals surface area contributed by atoms with E-state index >= 15 is 0 Å². The second-order valence-corrected chi connectivity index (χ2v) is 10.5. The number of ether oxygens (including phenoxy) is 4. The zero-order valence-electron chi connectivity index (χ0n) is 23.5. The third-order valence-corrected chi connectivity index (χ3v) is 7.27. The van der Waals surface area contributed by atoms with Crippen LogP contribution in [0.15, 0.2) is 60.7 Å². The standard InChI is InChI=1S/C30H32N2O9/c1-18(2)26(33)39-20(4)28(35)40-19(3)27(34)38-16-15-31-24-10-8-7-9-23(24)29(5,6)30(31)14-13-21-17-22(32(36)37)11-12-25(21)41-30/h7-14,17,19-20H,1,15-16H2,2-6H3/t19-,20-,30?/m0/s1. The molecule has 216 valence electrons. The number of anilines is 1. The van der Waals surface area contributed by atoms with Gasteiger partial charge in [-0.05, 0) is 64.5 Å². The van der Waals surface area contributed by atoms with E-state index in [1.165, 1.54) is 32.9 Å². The van der Waals surface area contributed by atoms with Crippen LogP contribution in [-0.2, 0) is 34.0 Å². The highest BCUT2D eigenvalue weighted by molar-refractivity contribution is 5.89. The molecule has 41 heavy (non-hydrogen) atoms. The Morgan fingerprint density at radius 2 is 1.76 bits per heavy atom. The third-order valence-electron chi connectivity index (χ3n) is 7.27. The van der Waals surface area contributed by atoms with Crippen LogP contribution in [0.3, 0.4) is 0 Å². The van der Waals surface area contributed by atoms with Crippen LogP contribution in [0.25, 0.3) is 6.08 Å². The highest BCUT2D eigenvalue weighted by atomic mass is 16.6. The molecule has 2 aromatic rings. The summed E-state index contributed by atoms with van der Waals surface area (Å²) >= 11 is 0. The Morgan fingerprint density at radius 1 is 1.07 bits per heavy atom. The van der Waals surface area contributed by atoms with Crippen LogP contribution < -0.4 is 9.64 Å². The van der Waals surface area contributed by atoms with Gasteiger partial charge >= 0.3 is 17.9 Å². The molecule has 0 aliphatic carbocycles. The fourth-order valence-corrected chi connectivity index (χ4v) is 4.97. The van der Waals surface area contributed by atoms with E-state index in [2.05, 4.69) is 6.58 Å². The second-order valence-electron chi connectivity index (χ2n) is 10.5. The number of hydrogen-bond acceptors (Lipinski definition) is 10. The van der Waals surface area contributed by atoms with Crippen molar-refractivity contribution in [2.75, 3.05) is 18.1 Å². The van der Waals surface area contributed by atoms with Crippen molar-refractivity contribution in [2.24, 2.45) is 0 Å². The number of non-ortho nitro benzene ring substituents is 1. The average molecular weight is 565 g/mol. The SMILES string of the molecule is C=C(C)C(=O)O[C@@H](C)C(=O)O[C@@H](C)C(=O)OCCN1c2ccccc2C(C)(C)C12C=Cc1cc([N+](=O)[O-])ccc1O2. The molecule has 1 unspecified atom stereocenters. The number of carbonyl (C=O) groups is 3. The summed E-state index contributed by atoms with van der Waals surface area (Å²) in [5.41, 5.74) is 0.989. The van der Waals surface area contributed by atoms with Crippen molar-refractivity contribution in [2.45, 2.75) is 58.0 Å². The number of carbonyl (C=O) groups excluding carboxylic acids is 3. The molecule has 0 aromatic heterocycles. The lowest BCUT2D eigenvalue weighted by atomic mass is 9.76. The average Bonchev–Trinajstić information content (AvgIpc) is 3.10. The van der Waals surface area contributed by atoms with Crippen molar-refractivity contribution in [3.8, 4) is 5.75 Å². The molecule has 0 N–H and O–H groups in total. The number of nitrogens with zero attached hydrogens (tertiary/aromatic N) is 2. The summed E-state index contributed by atoms with van der Waals surface area (Å²) in [4.78, 5) is 49.4. The van der Waals surface area contributed by atoms with Gasteiger partial charge in [-0.3, -0.25) is 10.1 Å². The van der Waals surface area contributed by atoms with Gasteiger partial charge in [-0.15, -0.1) is 0 Å². The Morgan fingerprint density at radius 3 is 2.44 bits per heavy atom. The molecule has 0 saturated carbocycles. The first-order valence-electron chi connectivity index (χ1n) is 13.1. The number of hydrogen-bond donors (Lipinski definition) is 0. The van der Waals surface area contributed by atoms with Gasteiger partial charge in [0.2, 0.25) is 5.72 Å². The molecule has 0 bridgehead atoms. The fraction of sp³-hybridized carbons (Fsp3) is 0.367. The molecule has 0 radical (unpaired) electrons. The number of benzene rings is 2. The van der Waals surface area contributed by atoms with Gasteiger partial charge in [-0.25, -0.2) is 14.4 Å². The maximum atomic E-state index is 12.7. The Labute approximate surface area is 237 Å². The molecule has 3 atom stereocenters. The van der Waals surface area contributed by atoms with Crippen molar-refractivity contribution < 1.29 is 38.3 Å². The van der Waals surface area contributed by atoms with Gasteiger partial charge in [0.05, 0.1) is 16.9 Å². The van der Waals surface area contributed by atoms with Gasteiger partial charge < -0.3 is 23.8 Å². The number of esters is 3. The number of nitro benzene ring substituents is 1. The molecule has 2 aromatic carbocycles. The number of para-hydroxylation sites is 1. The second kappa shape index (κ2) is 11.1. The van der Waals surface area contributed by atoms with E-state index < -0.39 is 46.2 Å². The number of nitro groups is 1. The van der Waals surface area contributed by atoms with Gasteiger partial charge in [0.15, 0.2) is 12.2 Å². The third kappa shape index (κ3) is 5.39. The first-order valence-corrected chi connectivity index (χ1v) is 13.1. The van der Waals surface area contributed by atoms with Crippen molar-refractivity contribution >= 4 is 35.4 Å². The quantitative estimate of drug-likeness (QED) is 0.141. The molecular weight excluding hydrogens is 532 g/mol. The van der Waals surface area contributed by atoms with Crippen molar-refractivity contribution in [1.29, 1.82) is 0 Å². The predicted molar refractivity (Wildman–Crippen MR) is 149 cm³/mol. The van der Waals surface area contributed by atoms with Crippen LogP contribution in [-0.4, -0.2) is 53.9 Å². The summed E-state index contributed by atoms with van der Waals surface area (Å²) in [6.07, 6.45) is 1.22. The first kappa shape index (κ1) is 29.3. The van der Waals surface area contributed by atoms with Crippen LogP contribution in [0.5, 0.6) is 5.75 Å². The summed E-state index contributed by atoms with van der Waals surface area (Å²) in [6, 6.07) is 12.2. The van der Waals surface area contributed by atoms with Gasteiger partial charge in [0.25, 0.3) is 5.69 Å². The molecule has 0 saturated heterocycles. The minimum atomic E-state index is -1.24. The summed E-state index contributed by atoms with van der Waals surface area (Å²) in [5, 5.41) is 11.3. The summed E-state index contributed by atoms with van der Waals surface area (Å²) in [6.45, 7) is 11.9. The topological polar surface area (TPSA) is 135 Å². The largest absolute Gasteiger partial charge is 0.463 e. The Kier molecular flexibility index (Phi) is 7.92. The van der Waals surface area contributed by atoms with Gasteiger partial charge in [0.1, 0.15) is 12.4 Å². The zero-order valence-corrected chi connectivity index (χ0v) is 23.5. The van der Waals surface area contributed by atoms with E-state index in [0.29, 0.717) is 11.3 Å². The molecule has 2 aliphatic rings. The monoisotopic (exact) mass is 564 g/mol. The highest BCUT2D eigenvalue weighted by Gasteiger charge is 2.58. The van der Waals surface area contributed by atoms with Crippen LogP contribution in [0, 0.1) is 10.1 Å². The van der Waals surface area contributed by atoms with E-state index in [1.807, 2.05) is 55.2 Å². The Bertz CT molecular complexity index is 1450. The molecular formula is C30H32N2O9. The number of fused-ring (bicyclic) bond motifs is 2. The normalized spacial score (nSPS) is 19.3. The molecule has 11 nitrogen and oxygen atoms in total. The van der Waals surface area contributed by atoms with Gasteiger partial charge in [0, 0.05) is 29.0 Å². The van der Waals surface area contributed by atoms with Crippen molar-refractivity contribution in [3.05, 3.63) is 81.9 Å². The maximum Gasteiger partial charge on any atom is 0.348 e. The molecule has 2 aliphatic heterocycles. The molecule has 11 heteroatoms. The smallest absolute Gasteiger partial charge is 0.348 e. The van der Waals surface area contributed by atoms with Crippen molar-refractivity contribution in [3.63, 3.8) is 0 Å². The minimum absolute atomic E-state index is 0.0381. The lowest BCUT2D eigenvalue weighted by Crippen LogP contribution is -2.60. The lowest BCUT2D eigenvalue weighted by Gasteiger charge is -2.47. The zero-order chi connectivity index (χ0) is 30.1. The van der Waals surface area contributed by atoms with Gasteiger partial charge in [-0.1, -0.05) is 24.8 Å². The molecule has 2 heterocycles. The summed E-state index contributed by atoms with van der Waals surface area (Å²) in [5.74, 6) is -1.91.